The van der Waals surface area contributed by atoms with Crippen molar-refractivity contribution in [3.8, 4) is 23.0 Å². The van der Waals surface area contributed by atoms with E-state index in [1.165, 1.54) is 0 Å². The summed E-state index contributed by atoms with van der Waals surface area (Å²) in [6, 6.07) is 7.62. The Hall–Kier alpha value is -1.30. The number of aromatic nitrogens is 8. The zero-order valence-corrected chi connectivity index (χ0v) is 44.6. The Morgan fingerprint density at radius 2 is 0.951 bits per heavy atom. The first-order chi connectivity index (χ1) is 27.4. The van der Waals surface area contributed by atoms with E-state index in [2.05, 4.69) is 46.1 Å². The maximum atomic E-state index is 8.89. The summed E-state index contributed by atoms with van der Waals surface area (Å²) in [5.74, 6) is 0.174. The van der Waals surface area contributed by atoms with Crippen molar-refractivity contribution < 1.29 is 89.2 Å². The molecule has 0 unspecified atom stereocenters. The number of carbonyl (C=O) groups is 1. The molecule has 3 aliphatic rings. The Bertz CT molecular complexity index is 1920. The molecule has 328 valence electrons. The molecule has 61 heavy (non-hydrogen) atoms. The van der Waals surface area contributed by atoms with Crippen LogP contribution < -0.4 is 62.0 Å². The van der Waals surface area contributed by atoms with E-state index in [0.717, 1.165) is 28.2 Å². The van der Waals surface area contributed by atoms with Crippen molar-refractivity contribution in [2.24, 2.45) is 14.1 Å². The fourth-order valence-corrected chi connectivity index (χ4v) is 5.31. The molecule has 23 heteroatoms. The maximum Gasteiger partial charge on any atom is 1.00 e. The normalized spacial score (nSPS) is 19.5. The van der Waals surface area contributed by atoms with Gasteiger partial charge < -0.3 is 37.8 Å². The number of halogens is 3. The molecular weight excluding hydrogens is 919 g/mol. The second-order valence-corrected chi connectivity index (χ2v) is 19.6. The number of carbonyl (C=O) groups excluding carboxylic acids is 1. The van der Waals surface area contributed by atoms with Gasteiger partial charge in [-0.2, -0.15) is 0 Å². The van der Waals surface area contributed by atoms with Gasteiger partial charge in [0.2, 0.25) is 0 Å². The first-order valence-corrected chi connectivity index (χ1v) is 20.9. The largest absolute Gasteiger partial charge is 1.00 e. The Labute approximate surface area is 422 Å². The van der Waals surface area contributed by atoms with Gasteiger partial charge in [0.1, 0.15) is 28.9 Å². The van der Waals surface area contributed by atoms with Crippen LogP contribution in [0.1, 0.15) is 96.9 Å². The van der Waals surface area contributed by atoms with E-state index in [-0.39, 0.29) is 89.8 Å². The standard InChI is InChI=1S/C14H19BN4O2.C12H24B2O4.C8H7BrN4.C2H4Cl2.C2H4O2.K/c1-13(2)14(3,4)21-15(20-13)10-6-7-11(16-8-10)12-17-9-19(5)18-12;1-9(2)10(3,4)16-13(15-9)14-17-11(5,6)12(7,8)18-14;1-13-5-11-8(12-13)7-3-2-6(9)4-10-7;2*1-2(3)4;/h6-9H,1-5H3;1-8H3;2-5H,1H3;2H,1H3;1H3,(H,3,4);/q;;;;;+1/p-1. The summed E-state index contributed by atoms with van der Waals surface area (Å²) in [5.41, 5.74) is 0.274. The van der Waals surface area contributed by atoms with Crippen LogP contribution in [0, 0.1) is 0 Å². The minimum absolute atomic E-state index is 0. The average molecular weight is 976 g/mol. The fraction of sp³-hybridized carbons (Fsp3) is 0.605. The zero-order valence-electron chi connectivity index (χ0n) is 38.4. The topological polar surface area (TPSA) is 183 Å². The molecule has 4 aromatic heterocycles. The van der Waals surface area contributed by atoms with Crippen molar-refractivity contribution >= 4 is 71.7 Å². The molecule has 3 aliphatic heterocycles. The third kappa shape index (κ3) is 15.7. The molecule has 4 aromatic rings. The summed E-state index contributed by atoms with van der Waals surface area (Å²) in [7, 11) is 2.31. The molecule has 0 aromatic carbocycles. The molecule has 3 fully saturated rings. The molecule has 16 nitrogen and oxygen atoms in total. The second kappa shape index (κ2) is 22.3. The maximum absolute atomic E-state index is 8.89. The first-order valence-electron chi connectivity index (χ1n) is 19.2. The Morgan fingerprint density at radius 1 is 0.639 bits per heavy atom. The van der Waals surface area contributed by atoms with Crippen molar-refractivity contribution in [2.45, 2.75) is 135 Å². The van der Waals surface area contributed by atoms with Crippen LogP contribution in [0.2, 0.25) is 0 Å². The van der Waals surface area contributed by atoms with Crippen LogP contribution in [0.25, 0.3) is 23.0 Å². The quantitative estimate of drug-likeness (QED) is 0.215. The van der Waals surface area contributed by atoms with Crippen LogP contribution in [0.15, 0.2) is 53.8 Å². The Kier molecular flexibility index (Phi) is 20.4. The minimum Gasteiger partial charge on any atom is -0.550 e. The van der Waals surface area contributed by atoms with Crippen molar-refractivity contribution in [3.05, 3.63) is 53.8 Å². The van der Waals surface area contributed by atoms with E-state index in [4.69, 9.17) is 61.0 Å². The van der Waals surface area contributed by atoms with Gasteiger partial charge >= 0.3 is 72.5 Å². The van der Waals surface area contributed by atoms with E-state index in [0.29, 0.717) is 11.6 Å². The van der Waals surface area contributed by atoms with Gasteiger partial charge in [-0.15, -0.1) is 33.4 Å². The first kappa shape index (κ1) is 55.8. The van der Waals surface area contributed by atoms with Gasteiger partial charge in [0.25, 0.3) is 0 Å². The molecule has 0 amide bonds. The predicted molar refractivity (Wildman–Crippen MR) is 236 cm³/mol. The number of pyridine rings is 2. The molecule has 3 saturated heterocycles. The molecule has 7 heterocycles. The van der Waals surface area contributed by atoms with Crippen LogP contribution in [0.5, 0.6) is 0 Å². The van der Waals surface area contributed by atoms with Crippen molar-refractivity contribution in [3.63, 3.8) is 0 Å². The van der Waals surface area contributed by atoms with Gasteiger partial charge in [0.05, 0.1) is 33.6 Å². The van der Waals surface area contributed by atoms with E-state index in [1.807, 2.05) is 121 Å². The van der Waals surface area contributed by atoms with E-state index >= 15 is 0 Å². The van der Waals surface area contributed by atoms with Crippen LogP contribution in [0.3, 0.4) is 0 Å². The number of nitrogens with zero attached hydrogens (tertiary/aromatic N) is 8. The molecule has 0 atom stereocenters. The summed E-state index contributed by atoms with van der Waals surface area (Å²) >= 11 is 13.4. The summed E-state index contributed by atoms with van der Waals surface area (Å²) in [5, 5.41) is 17.3. The van der Waals surface area contributed by atoms with Gasteiger partial charge in [-0.3, -0.25) is 19.3 Å². The second-order valence-electron chi connectivity index (χ2n) is 17.2. The van der Waals surface area contributed by atoms with Crippen molar-refractivity contribution in [1.82, 2.24) is 39.5 Å². The number of carboxylic acid groups (broad SMARTS) is 1. The van der Waals surface area contributed by atoms with Gasteiger partial charge in [-0.05, 0) is 131 Å². The molecule has 0 radical (unpaired) electrons. The number of aryl methyl sites for hydroxylation is 2. The number of aliphatic carboxylic acids is 1. The predicted octanol–water partition coefficient (Wildman–Crippen LogP) is 2.64. The van der Waals surface area contributed by atoms with Gasteiger partial charge in [0, 0.05) is 42.4 Å². The Morgan fingerprint density at radius 3 is 1.21 bits per heavy atom. The van der Waals surface area contributed by atoms with E-state index < -0.39 is 27.1 Å². The van der Waals surface area contributed by atoms with E-state index in [9.17, 15) is 0 Å². The van der Waals surface area contributed by atoms with Gasteiger partial charge in [-0.1, -0.05) is 6.07 Å². The molecule has 0 bridgehead atoms. The zero-order chi connectivity index (χ0) is 45.6. The molecule has 0 aliphatic carbocycles. The average Bonchev–Trinajstić information content (AvgIpc) is 3.88. The summed E-state index contributed by atoms with van der Waals surface area (Å²) in [6.07, 6.45) is 6.79. The Balaban J connectivity index is 0.000000292. The summed E-state index contributed by atoms with van der Waals surface area (Å²) in [6.45, 7) is 27.0. The SMILES string of the molecule is CC(=O)[O-].CC(Cl)Cl.CC1(C)OB(B2OC(C)(C)C(C)(C)O2)OC1(C)C.Cn1cnc(-c2ccc(B3OC(C)(C)C(C)(C)O3)cn2)n1.Cn1cnc(-c2ccc(Br)cn2)n1.[K+]. The van der Waals surface area contributed by atoms with Crippen LogP contribution in [-0.4, -0.2) is 105 Å². The van der Waals surface area contributed by atoms with Crippen LogP contribution >= 0.6 is 39.1 Å². The monoisotopic (exact) mass is 974 g/mol. The number of hydrogen-bond donors (Lipinski definition) is 0. The van der Waals surface area contributed by atoms with Crippen LogP contribution in [0.4, 0.5) is 0 Å². The number of hydrogen-bond acceptors (Lipinski definition) is 14. The third-order valence-corrected chi connectivity index (χ3v) is 10.9. The molecular formula is C38H57B3BrCl2KN8O8. The summed E-state index contributed by atoms with van der Waals surface area (Å²) in [4.78, 5) is 25.5. The van der Waals surface area contributed by atoms with Crippen molar-refractivity contribution in [1.29, 1.82) is 0 Å². The molecule has 0 saturated carbocycles. The fourth-order valence-electron chi connectivity index (χ4n) is 5.08. The molecule has 7 rings (SSSR count). The number of rotatable bonds is 4. The smallest absolute Gasteiger partial charge is 0.550 e. The van der Waals surface area contributed by atoms with Crippen molar-refractivity contribution in [2.75, 3.05) is 0 Å². The van der Waals surface area contributed by atoms with Gasteiger partial charge in [0.15, 0.2) is 11.6 Å². The van der Waals surface area contributed by atoms with E-state index in [1.54, 1.807) is 41.3 Å². The molecule has 0 spiro atoms. The minimum atomic E-state index is -1.08. The number of alkyl halides is 2. The van der Waals surface area contributed by atoms with Gasteiger partial charge in [-0.25, -0.2) is 9.97 Å². The summed E-state index contributed by atoms with van der Waals surface area (Å²) < 4.78 is 40.1. The molecule has 0 N–H and O–H groups in total. The third-order valence-electron chi connectivity index (χ3n) is 10.5. The number of carboxylic acids is 1. The van der Waals surface area contributed by atoms with Crippen LogP contribution in [-0.2, 0) is 46.8 Å².